The smallest absolute Gasteiger partial charge is 0.410 e. The van der Waals surface area contributed by atoms with Crippen molar-refractivity contribution in [3.05, 3.63) is 34.6 Å². The van der Waals surface area contributed by atoms with Crippen LogP contribution in [-0.4, -0.2) is 41.9 Å². The van der Waals surface area contributed by atoms with Crippen LogP contribution >= 0.6 is 11.6 Å². The highest BCUT2D eigenvalue weighted by molar-refractivity contribution is 6.30. The third-order valence-corrected chi connectivity index (χ3v) is 4.01. The Balaban J connectivity index is 1.92. The van der Waals surface area contributed by atoms with E-state index in [1.807, 2.05) is 0 Å². The lowest BCUT2D eigenvalue weighted by atomic mass is 10.2. The molecule has 0 spiro atoms. The zero-order valence-corrected chi connectivity index (χ0v) is 14.9. The quantitative estimate of drug-likeness (QED) is 0.885. The summed E-state index contributed by atoms with van der Waals surface area (Å²) >= 11 is 5.74. The second kappa shape index (κ2) is 7.66. The van der Waals surface area contributed by atoms with Crippen molar-refractivity contribution in [1.82, 2.24) is 10.2 Å². The number of likely N-dealkylation sites (tertiary alicyclic amines) is 1. The van der Waals surface area contributed by atoms with Crippen LogP contribution in [0.15, 0.2) is 18.2 Å². The molecule has 1 N–H and O–H groups in total. The maximum atomic E-state index is 13.8. The van der Waals surface area contributed by atoms with E-state index in [-0.39, 0.29) is 30.6 Å². The standard InChI is InChI=1S/C17H23ClF2N2O2/c1-17(2,3)24-16(23)22-10-12(19)7-13(22)9-21-8-11-5-4-6-14(18)15(11)20/h4-6,12-13,21H,7-10H2,1-3H3/t12-,13+/m1/s1. The van der Waals surface area contributed by atoms with Crippen molar-refractivity contribution in [2.75, 3.05) is 13.1 Å². The van der Waals surface area contributed by atoms with Gasteiger partial charge in [-0.3, -0.25) is 0 Å². The summed E-state index contributed by atoms with van der Waals surface area (Å²) in [5.41, 5.74) is -0.200. The molecule has 0 radical (unpaired) electrons. The number of amides is 1. The molecule has 0 aromatic heterocycles. The number of carbonyl (C=O) groups is 1. The van der Waals surface area contributed by atoms with Crippen LogP contribution in [0.25, 0.3) is 0 Å². The fourth-order valence-electron chi connectivity index (χ4n) is 2.66. The lowest BCUT2D eigenvalue weighted by molar-refractivity contribution is 0.0218. The van der Waals surface area contributed by atoms with Gasteiger partial charge in [0.1, 0.15) is 17.6 Å². The Morgan fingerprint density at radius 1 is 1.46 bits per heavy atom. The van der Waals surface area contributed by atoms with Crippen LogP contribution in [0.3, 0.4) is 0 Å². The number of carbonyl (C=O) groups excluding carboxylic acids is 1. The maximum absolute atomic E-state index is 13.8. The summed E-state index contributed by atoms with van der Waals surface area (Å²) in [5, 5.41) is 3.13. The summed E-state index contributed by atoms with van der Waals surface area (Å²) in [6.07, 6.45) is -1.36. The summed E-state index contributed by atoms with van der Waals surface area (Å²) < 4.78 is 32.9. The van der Waals surface area contributed by atoms with E-state index >= 15 is 0 Å². The average Bonchev–Trinajstić information content (AvgIpc) is 2.83. The minimum Gasteiger partial charge on any atom is -0.444 e. The first-order valence-corrected chi connectivity index (χ1v) is 8.32. The van der Waals surface area contributed by atoms with Crippen molar-refractivity contribution in [2.45, 2.75) is 51.6 Å². The second-order valence-electron chi connectivity index (χ2n) is 6.96. The number of rotatable bonds is 4. The van der Waals surface area contributed by atoms with Gasteiger partial charge in [0.2, 0.25) is 0 Å². The molecule has 1 amide bonds. The summed E-state index contributed by atoms with van der Waals surface area (Å²) in [4.78, 5) is 13.6. The van der Waals surface area contributed by atoms with E-state index in [9.17, 15) is 13.6 Å². The summed E-state index contributed by atoms with van der Waals surface area (Å²) in [7, 11) is 0. The average molecular weight is 361 g/mol. The zero-order valence-electron chi connectivity index (χ0n) is 14.1. The molecule has 24 heavy (non-hydrogen) atoms. The molecule has 0 saturated carbocycles. The van der Waals surface area contributed by atoms with E-state index in [2.05, 4.69) is 5.32 Å². The first-order chi connectivity index (χ1) is 11.2. The van der Waals surface area contributed by atoms with E-state index in [4.69, 9.17) is 16.3 Å². The van der Waals surface area contributed by atoms with Gasteiger partial charge in [-0.25, -0.2) is 13.6 Å². The van der Waals surface area contributed by atoms with Crippen LogP contribution in [0.5, 0.6) is 0 Å². The van der Waals surface area contributed by atoms with Crippen LogP contribution in [-0.2, 0) is 11.3 Å². The van der Waals surface area contributed by atoms with Gasteiger partial charge in [0.05, 0.1) is 17.6 Å². The SMILES string of the molecule is CC(C)(C)OC(=O)N1C[C@H](F)C[C@H]1CNCc1cccc(Cl)c1F. The summed E-state index contributed by atoms with van der Waals surface area (Å²) in [6, 6.07) is 4.46. The molecule has 0 aliphatic carbocycles. The van der Waals surface area contributed by atoms with Crippen LogP contribution in [0.1, 0.15) is 32.8 Å². The first-order valence-electron chi connectivity index (χ1n) is 7.94. The maximum Gasteiger partial charge on any atom is 0.410 e. The molecule has 2 atom stereocenters. The molecule has 1 aromatic carbocycles. The molecule has 1 heterocycles. The number of hydrogen-bond donors (Lipinski definition) is 1. The lowest BCUT2D eigenvalue weighted by Gasteiger charge is -2.28. The van der Waals surface area contributed by atoms with E-state index < -0.39 is 23.7 Å². The van der Waals surface area contributed by atoms with Crippen LogP contribution in [0.4, 0.5) is 13.6 Å². The predicted octanol–water partition coefficient (Wildman–Crippen LogP) is 3.92. The highest BCUT2D eigenvalue weighted by atomic mass is 35.5. The van der Waals surface area contributed by atoms with E-state index in [0.717, 1.165) is 0 Å². The molecule has 2 rings (SSSR count). The Hall–Kier alpha value is -1.40. The molecule has 0 bridgehead atoms. The molecule has 1 aromatic rings. The van der Waals surface area contributed by atoms with Crippen molar-refractivity contribution < 1.29 is 18.3 Å². The summed E-state index contributed by atoms with van der Waals surface area (Å²) in [6.45, 7) is 5.93. The van der Waals surface area contributed by atoms with E-state index in [0.29, 0.717) is 12.1 Å². The van der Waals surface area contributed by atoms with Crippen molar-refractivity contribution in [2.24, 2.45) is 0 Å². The Morgan fingerprint density at radius 3 is 2.83 bits per heavy atom. The van der Waals surface area contributed by atoms with Gasteiger partial charge in [-0.1, -0.05) is 23.7 Å². The second-order valence-corrected chi connectivity index (χ2v) is 7.37. The highest BCUT2D eigenvalue weighted by Crippen LogP contribution is 2.23. The molecule has 4 nitrogen and oxygen atoms in total. The monoisotopic (exact) mass is 360 g/mol. The first kappa shape index (κ1) is 18.9. The minimum absolute atomic E-state index is 0.0206. The molecule has 134 valence electrons. The van der Waals surface area contributed by atoms with E-state index in [1.165, 1.54) is 11.0 Å². The zero-order chi connectivity index (χ0) is 17.9. The predicted molar refractivity (Wildman–Crippen MR) is 89.4 cm³/mol. The van der Waals surface area contributed by atoms with Crippen molar-refractivity contribution in [3.63, 3.8) is 0 Å². The third-order valence-electron chi connectivity index (χ3n) is 3.72. The molecule has 7 heteroatoms. The number of nitrogens with one attached hydrogen (secondary N) is 1. The van der Waals surface area contributed by atoms with Gasteiger partial charge in [0.25, 0.3) is 0 Å². The van der Waals surface area contributed by atoms with Crippen LogP contribution in [0.2, 0.25) is 5.02 Å². The van der Waals surface area contributed by atoms with Gasteiger partial charge in [0.15, 0.2) is 0 Å². The van der Waals surface area contributed by atoms with Gasteiger partial charge < -0.3 is 15.0 Å². The van der Waals surface area contributed by atoms with Crippen molar-refractivity contribution in [3.8, 4) is 0 Å². The fourth-order valence-corrected chi connectivity index (χ4v) is 2.85. The van der Waals surface area contributed by atoms with Crippen molar-refractivity contribution >= 4 is 17.7 Å². The van der Waals surface area contributed by atoms with Gasteiger partial charge in [0, 0.05) is 25.1 Å². The molecule has 1 aliphatic heterocycles. The molecule has 1 fully saturated rings. The van der Waals surface area contributed by atoms with Crippen LogP contribution < -0.4 is 5.32 Å². The normalized spacial score (nSPS) is 21.2. The molecular weight excluding hydrogens is 338 g/mol. The van der Waals surface area contributed by atoms with Crippen molar-refractivity contribution in [1.29, 1.82) is 0 Å². The minimum atomic E-state index is -1.08. The third kappa shape index (κ3) is 5.05. The Bertz CT molecular complexity index is 592. The van der Waals surface area contributed by atoms with Gasteiger partial charge >= 0.3 is 6.09 Å². The Morgan fingerprint density at radius 2 is 2.17 bits per heavy atom. The highest BCUT2D eigenvalue weighted by Gasteiger charge is 2.37. The number of hydrogen-bond acceptors (Lipinski definition) is 3. The van der Waals surface area contributed by atoms with E-state index in [1.54, 1.807) is 32.9 Å². The summed E-state index contributed by atoms with van der Waals surface area (Å²) in [5.74, 6) is -0.467. The number of benzene rings is 1. The van der Waals surface area contributed by atoms with Gasteiger partial charge in [-0.15, -0.1) is 0 Å². The Kier molecular flexibility index (Phi) is 6.04. The number of halogens is 3. The van der Waals surface area contributed by atoms with Gasteiger partial charge in [-0.05, 0) is 26.8 Å². The Labute approximate surface area is 146 Å². The number of nitrogens with zero attached hydrogens (tertiary/aromatic N) is 1. The largest absolute Gasteiger partial charge is 0.444 e. The molecule has 0 unspecified atom stereocenters. The number of ether oxygens (including phenoxy) is 1. The molecular formula is C17H23ClF2N2O2. The van der Waals surface area contributed by atoms with Gasteiger partial charge in [-0.2, -0.15) is 0 Å². The molecule has 1 aliphatic rings. The molecule has 1 saturated heterocycles. The van der Waals surface area contributed by atoms with Crippen LogP contribution in [0, 0.1) is 5.82 Å². The topological polar surface area (TPSA) is 41.6 Å². The number of alkyl halides is 1. The fraction of sp³-hybridized carbons (Fsp3) is 0.588. The lowest BCUT2D eigenvalue weighted by Crippen LogP contribution is -2.44.